The predicted octanol–water partition coefficient (Wildman–Crippen LogP) is 2.74. The third-order valence-corrected chi connectivity index (χ3v) is 2.09. The van der Waals surface area contributed by atoms with Crippen LogP contribution in [0.1, 0.15) is 32.8 Å². The summed E-state index contributed by atoms with van der Waals surface area (Å²) < 4.78 is 4.98. The van der Waals surface area contributed by atoms with E-state index < -0.39 is 0 Å². The zero-order valence-electron chi connectivity index (χ0n) is 10.5. The summed E-state index contributed by atoms with van der Waals surface area (Å²) in [6, 6.07) is 5.23. The Morgan fingerprint density at radius 2 is 1.94 bits per heavy atom. The van der Waals surface area contributed by atoms with E-state index in [-0.39, 0.29) is 11.9 Å². The summed E-state index contributed by atoms with van der Waals surface area (Å²) in [6.45, 7) is 5.76. The monoisotopic (exact) mass is 226 g/mol. The van der Waals surface area contributed by atoms with Crippen LogP contribution in [0.3, 0.4) is 0 Å². The van der Waals surface area contributed by atoms with Crippen molar-refractivity contribution in [1.29, 1.82) is 0 Å². The maximum absolute atomic E-state index is 9.34. The van der Waals surface area contributed by atoms with Crippen LogP contribution in [0.5, 0.6) is 11.5 Å². The van der Waals surface area contributed by atoms with Crippen molar-refractivity contribution < 1.29 is 14.9 Å². The maximum Gasteiger partial charge on any atom is 0.160 e. The zero-order valence-corrected chi connectivity index (χ0v) is 10.5. The lowest BCUT2D eigenvalue weighted by atomic mass is 10.1. The molecule has 0 spiro atoms. The Morgan fingerprint density at radius 3 is 2.44 bits per heavy atom. The molecular formula is C13H22O3. The molecule has 2 N–H and O–H groups in total. The first-order chi connectivity index (χ1) is 7.63. The number of ether oxygens (including phenoxy) is 1. The lowest BCUT2D eigenvalue weighted by Gasteiger charge is -2.07. The first-order valence-electron chi connectivity index (χ1n) is 5.67. The van der Waals surface area contributed by atoms with Crippen molar-refractivity contribution in [2.24, 2.45) is 0 Å². The van der Waals surface area contributed by atoms with E-state index in [1.807, 2.05) is 19.9 Å². The van der Waals surface area contributed by atoms with Gasteiger partial charge < -0.3 is 14.9 Å². The summed E-state index contributed by atoms with van der Waals surface area (Å²) >= 11 is 0. The van der Waals surface area contributed by atoms with E-state index in [1.165, 1.54) is 7.11 Å². The quantitative estimate of drug-likeness (QED) is 0.830. The molecule has 0 aliphatic heterocycles. The lowest BCUT2D eigenvalue weighted by Crippen LogP contribution is -2.01. The van der Waals surface area contributed by atoms with E-state index in [2.05, 4.69) is 0 Å². The van der Waals surface area contributed by atoms with Crippen LogP contribution < -0.4 is 4.74 Å². The topological polar surface area (TPSA) is 49.7 Å². The molecule has 0 bridgehead atoms. The first-order valence-corrected chi connectivity index (χ1v) is 5.67. The van der Waals surface area contributed by atoms with Crippen LogP contribution in [-0.4, -0.2) is 23.4 Å². The third kappa shape index (κ3) is 5.03. The fraction of sp³-hybridized carbons (Fsp3) is 0.538. The molecule has 0 fully saturated rings. The molecule has 0 radical (unpaired) electrons. The average Bonchev–Trinajstić information content (AvgIpc) is 2.30. The van der Waals surface area contributed by atoms with Crippen LogP contribution in [0.25, 0.3) is 0 Å². The minimum Gasteiger partial charge on any atom is -0.504 e. The van der Waals surface area contributed by atoms with Crippen molar-refractivity contribution in [3.05, 3.63) is 23.8 Å². The van der Waals surface area contributed by atoms with Crippen molar-refractivity contribution in [2.45, 2.75) is 39.7 Å². The number of aromatic hydroxyl groups is 1. The van der Waals surface area contributed by atoms with E-state index in [1.54, 1.807) is 19.1 Å². The smallest absolute Gasteiger partial charge is 0.160 e. The van der Waals surface area contributed by atoms with Gasteiger partial charge in [-0.2, -0.15) is 0 Å². The fourth-order valence-electron chi connectivity index (χ4n) is 1.25. The molecule has 92 valence electrons. The molecule has 16 heavy (non-hydrogen) atoms. The summed E-state index contributed by atoms with van der Waals surface area (Å²) in [6.07, 6.45) is 1.21. The van der Waals surface area contributed by atoms with E-state index >= 15 is 0 Å². The van der Waals surface area contributed by atoms with Gasteiger partial charge in [-0.15, -0.1) is 0 Å². The molecule has 1 aromatic rings. The summed E-state index contributed by atoms with van der Waals surface area (Å²) in [5.41, 5.74) is 1.06. The molecule has 1 rings (SSSR count). The van der Waals surface area contributed by atoms with Crippen molar-refractivity contribution >= 4 is 0 Å². The molecule has 1 aromatic carbocycles. The highest BCUT2D eigenvalue weighted by atomic mass is 16.5. The molecule has 0 saturated heterocycles. The molecule has 1 unspecified atom stereocenters. The highest BCUT2D eigenvalue weighted by Gasteiger charge is 2.03. The largest absolute Gasteiger partial charge is 0.504 e. The molecule has 0 heterocycles. The number of rotatable bonds is 4. The summed E-state index contributed by atoms with van der Waals surface area (Å²) in [7, 11) is 1.52. The van der Waals surface area contributed by atoms with Gasteiger partial charge in [-0.05, 0) is 37.5 Å². The third-order valence-electron chi connectivity index (χ3n) is 2.09. The van der Waals surface area contributed by atoms with Gasteiger partial charge >= 0.3 is 0 Å². The van der Waals surface area contributed by atoms with Gasteiger partial charge in [-0.25, -0.2) is 0 Å². The van der Waals surface area contributed by atoms with Gasteiger partial charge in [-0.1, -0.05) is 19.9 Å². The van der Waals surface area contributed by atoms with Gasteiger partial charge in [0.15, 0.2) is 11.5 Å². The number of methoxy groups -OCH3 is 1. The second kappa shape index (κ2) is 7.99. The lowest BCUT2D eigenvalue weighted by molar-refractivity contribution is 0.185. The van der Waals surface area contributed by atoms with Gasteiger partial charge in [-0.3, -0.25) is 0 Å². The fourth-order valence-corrected chi connectivity index (χ4v) is 1.25. The predicted molar refractivity (Wildman–Crippen MR) is 66.0 cm³/mol. The van der Waals surface area contributed by atoms with Gasteiger partial charge in [0.1, 0.15) is 0 Å². The molecular weight excluding hydrogens is 204 g/mol. The van der Waals surface area contributed by atoms with E-state index in [0.717, 1.165) is 12.0 Å². The summed E-state index contributed by atoms with van der Waals surface area (Å²) in [4.78, 5) is 0. The van der Waals surface area contributed by atoms with E-state index in [4.69, 9.17) is 9.84 Å². The van der Waals surface area contributed by atoms with Crippen LogP contribution in [0.2, 0.25) is 0 Å². The van der Waals surface area contributed by atoms with Crippen LogP contribution in [0.15, 0.2) is 18.2 Å². The minimum atomic E-state index is -0.296. The number of benzene rings is 1. The normalized spacial score (nSPS) is 11.3. The van der Waals surface area contributed by atoms with E-state index in [0.29, 0.717) is 12.2 Å². The van der Waals surface area contributed by atoms with Crippen molar-refractivity contribution in [2.75, 3.05) is 7.11 Å². The Bertz CT molecular complexity index is 295. The van der Waals surface area contributed by atoms with Gasteiger partial charge in [0.05, 0.1) is 13.2 Å². The maximum atomic E-state index is 9.34. The Morgan fingerprint density at radius 1 is 1.31 bits per heavy atom. The number of aliphatic hydroxyl groups excluding tert-OH is 1. The molecule has 0 aliphatic rings. The van der Waals surface area contributed by atoms with Crippen molar-refractivity contribution in [3.8, 4) is 11.5 Å². The van der Waals surface area contributed by atoms with Gasteiger partial charge in [0.2, 0.25) is 0 Å². The highest BCUT2D eigenvalue weighted by molar-refractivity contribution is 5.41. The SMILES string of the molecule is CC.COc1cc(CCC(C)O)ccc1O. The molecule has 3 nitrogen and oxygen atoms in total. The molecule has 1 atom stereocenters. The number of hydrogen-bond acceptors (Lipinski definition) is 3. The van der Waals surface area contributed by atoms with Crippen LogP contribution in [0, 0.1) is 0 Å². The second-order valence-electron chi connectivity index (χ2n) is 3.39. The van der Waals surface area contributed by atoms with Crippen LogP contribution in [-0.2, 0) is 6.42 Å². The van der Waals surface area contributed by atoms with Crippen LogP contribution >= 0.6 is 0 Å². The first kappa shape index (κ1) is 14.8. The summed E-state index contributed by atoms with van der Waals surface area (Å²) in [5, 5.41) is 18.5. The molecule has 0 aliphatic carbocycles. The van der Waals surface area contributed by atoms with Gasteiger partial charge in [0, 0.05) is 0 Å². The molecule has 0 amide bonds. The number of aryl methyl sites for hydroxylation is 1. The Labute approximate surface area is 97.7 Å². The summed E-state index contributed by atoms with van der Waals surface area (Å²) in [5.74, 6) is 0.626. The minimum absolute atomic E-state index is 0.147. The molecule has 0 saturated carbocycles. The second-order valence-corrected chi connectivity index (χ2v) is 3.39. The van der Waals surface area contributed by atoms with Crippen LogP contribution in [0.4, 0.5) is 0 Å². The van der Waals surface area contributed by atoms with E-state index in [9.17, 15) is 5.11 Å². The molecule has 0 aromatic heterocycles. The standard InChI is InChI=1S/C11H16O3.C2H6/c1-8(12)3-4-9-5-6-10(13)11(7-9)14-2;1-2/h5-8,12-13H,3-4H2,1-2H3;1-2H3. The Kier molecular flexibility index (Phi) is 7.38. The Balaban J connectivity index is 0.00000106. The number of hydrogen-bond donors (Lipinski definition) is 2. The highest BCUT2D eigenvalue weighted by Crippen LogP contribution is 2.26. The Hall–Kier alpha value is -1.22. The molecule has 3 heteroatoms. The zero-order chi connectivity index (χ0) is 12.6. The number of phenolic OH excluding ortho intramolecular Hbond substituents is 1. The number of aliphatic hydroxyl groups is 1. The number of phenols is 1. The average molecular weight is 226 g/mol. The van der Waals surface area contributed by atoms with Gasteiger partial charge in [0.25, 0.3) is 0 Å². The van der Waals surface area contributed by atoms with Crippen molar-refractivity contribution in [3.63, 3.8) is 0 Å². The van der Waals surface area contributed by atoms with Crippen molar-refractivity contribution in [1.82, 2.24) is 0 Å².